The van der Waals surface area contributed by atoms with Crippen molar-refractivity contribution >= 4 is 34.9 Å². The van der Waals surface area contributed by atoms with Crippen LogP contribution >= 0.6 is 11.6 Å². The topological polar surface area (TPSA) is 143 Å². The molecule has 178 valence electrons. The largest absolute Gasteiger partial charge is 0.391 e. The first-order chi connectivity index (χ1) is 16.1. The lowest BCUT2D eigenvalue weighted by Gasteiger charge is -2.20. The highest BCUT2D eigenvalue weighted by Gasteiger charge is 2.25. The molecule has 0 radical (unpaired) electrons. The normalized spacial score (nSPS) is 12.8. The number of carbonyl (C=O) groups excluding carboxylic acids is 2. The number of nitrogens with two attached hydrogens (primary N) is 1. The quantitative estimate of drug-likeness (QED) is 0.383. The third-order valence-electron chi connectivity index (χ3n) is 5.00. The minimum absolute atomic E-state index is 0.00523. The number of rotatable bonds is 8. The second kappa shape index (κ2) is 10.5. The average Bonchev–Trinajstić information content (AvgIpc) is 2.78. The van der Waals surface area contributed by atoms with Crippen LogP contribution in [0.4, 0.5) is 15.9 Å². The number of nitrogens with zero attached hydrogens (tertiary/aromatic N) is 3. The number of primary amides is 1. The van der Waals surface area contributed by atoms with Crippen LogP contribution in [0.5, 0.6) is 0 Å². The van der Waals surface area contributed by atoms with Crippen LogP contribution in [0, 0.1) is 5.82 Å². The number of aliphatic hydroxyl groups is 1. The lowest BCUT2D eigenvalue weighted by Crippen LogP contribution is -2.50. The van der Waals surface area contributed by atoms with Crippen LogP contribution < -0.4 is 16.4 Å². The molecule has 0 saturated heterocycles. The summed E-state index contributed by atoms with van der Waals surface area (Å²) in [6.07, 6.45) is 3.14. The number of pyridine rings is 1. The van der Waals surface area contributed by atoms with Gasteiger partial charge in [-0.25, -0.2) is 14.4 Å². The van der Waals surface area contributed by atoms with E-state index in [1.54, 1.807) is 12.3 Å². The Bertz CT molecular complexity index is 1220. The monoisotopic (exact) mass is 486 g/mol. The third-order valence-corrected chi connectivity index (χ3v) is 5.24. The molecule has 2 aromatic heterocycles. The zero-order chi connectivity index (χ0) is 25.0. The standard InChI is InChI=1S/C23H24ClFN6O3/c1-11(2)15-10-28-21(14-8-13(24)4-5-17(14)25)31-22(15)29-18-6-7-27-9-16(18)23(34)30-19(12(3)32)20(26)33/h4-12,19,32H,1-3H3,(H2,26,33)(H,30,34)(H,27,28,29,31)/t12-,19+/m1/s1. The van der Waals surface area contributed by atoms with Crippen molar-refractivity contribution in [3.05, 3.63) is 64.8 Å². The summed E-state index contributed by atoms with van der Waals surface area (Å²) in [6.45, 7) is 5.21. The van der Waals surface area contributed by atoms with E-state index in [0.29, 0.717) is 22.1 Å². The van der Waals surface area contributed by atoms with Gasteiger partial charge in [0, 0.05) is 29.2 Å². The van der Waals surface area contributed by atoms with Gasteiger partial charge in [0.15, 0.2) is 5.82 Å². The molecule has 5 N–H and O–H groups in total. The molecule has 0 aliphatic rings. The molecule has 34 heavy (non-hydrogen) atoms. The molecule has 11 heteroatoms. The molecule has 1 aromatic carbocycles. The summed E-state index contributed by atoms with van der Waals surface area (Å²) >= 11 is 6.02. The Morgan fingerprint density at radius 3 is 2.56 bits per heavy atom. The Morgan fingerprint density at radius 2 is 1.91 bits per heavy atom. The summed E-state index contributed by atoms with van der Waals surface area (Å²) < 4.78 is 14.4. The van der Waals surface area contributed by atoms with Gasteiger partial charge < -0.3 is 21.5 Å². The summed E-state index contributed by atoms with van der Waals surface area (Å²) in [5, 5.41) is 15.6. The predicted molar refractivity (Wildman–Crippen MR) is 126 cm³/mol. The van der Waals surface area contributed by atoms with Gasteiger partial charge in [0.05, 0.1) is 22.9 Å². The van der Waals surface area contributed by atoms with Crippen molar-refractivity contribution in [3.8, 4) is 11.4 Å². The minimum Gasteiger partial charge on any atom is -0.391 e. The van der Waals surface area contributed by atoms with Crippen LogP contribution in [-0.2, 0) is 4.79 Å². The zero-order valence-corrected chi connectivity index (χ0v) is 19.5. The van der Waals surface area contributed by atoms with Gasteiger partial charge in [0.25, 0.3) is 5.91 Å². The number of aliphatic hydroxyl groups excluding tert-OH is 1. The van der Waals surface area contributed by atoms with Crippen molar-refractivity contribution in [2.45, 2.75) is 38.8 Å². The molecule has 0 aliphatic heterocycles. The first-order valence-electron chi connectivity index (χ1n) is 10.4. The van der Waals surface area contributed by atoms with Crippen molar-refractivity contribution in [1.82, 2.24) is 20.3 Å². The van der Waals surface area contributed by atoms with Crippen LogP contribution in [0.15, 0.2) is 42.9 Å². The van der Waals surface area contributed by atoms with Crippen LogP contribution in [0.25, 0.3) is 11.4 Å². The van der Waals surface area contributed by atoms with Crippen LogP contribution in [0.1, 0.15) is 42.6 Å². The number of halogens is 2. The van der Waals surface area contributed by atoms with Crippen molar-refractivity contribution in [1.29, 1.82) is 0 Å². The van der Waals surface area contributed by atoms with E-state index in [2.05, 4.69) is 25.6 Å². The van der Waals surface area contributed by atoms with E-state index in [-0.39, 0.29) is 22.9 Å². The Kier molecular flexibility index (Phi) is 7.75. The molecule has 3 aromatic rings. The van der Waals surface area contributed by atoms with Gasteiger partial charge in [-0.2, -0.15) is 0 Å². The number of amides is 2. The van der Waals surface area contributed by atoms with Crippen LogP contribution in [0.2, 0.25) is 5.02 Å². The van der Waals surface area contributed by atoms with Gasteiger partial charge in [-0.05, 0) is 37.1 Å². The van der Waals surface area contributed by atoms with Gasteiger partial charge >= 0.3 is 0 Å². The van der Waals surface area contributed by atoms with Crippen LogP contribution in [-0.4, -0.2) is 44.0 Å². The van der Waals surface area contributed by atoms with E-state index in [4.69, 9.17) is 17.3 Å². The Morgan fingerprint density at radius 1 is 1.18 bits per heavy atom. The smallest absolute Gasteiger partial charge is 0.255 e. The summed E-state index contributed by atoms with van der Waals surface area (Å²) in [6, 6.07) is 4.34. The molecule has 0 bridgehead atoms. The molecule has 0 saturated carbocycles. The molecule has 2 atom stereocenters. The molecule has 2 heterocycles. The Hall–Kier alpha value is -3.63. The molecular weight excluding hydrogens is 463 g/mol. The van der Waals surface area contributed by atoms with E-state index >= 15 is 0 Å². The van der Waals surface area contributed by atoms with Gasteiger partial charge in [0.1, 0.15) is 17.7 Å². The van der Waals surface area contributed by atoms with E-state index in [1.807, 2.05) is 13.8 Å². The fourth-order valence-electron chi connectivity index (χ4n) is 3.17. The average molecular weight is 487 g/mol. The summed E-state index contributed by atoms with van der Waals surface area (Å²) in [7, 11) is 0. The van der Waals surface area contributed by atoms with Crippen molar-refractivity contribution in [2.75, 3.05) is 5.32 Å². The first kappa shape index (κ1) is 25.0. The fraction of sp³-hybridized carbons (Fsp3) is 0.261. The van der Waals surface area contributed by atoms with Crippen molar-refractivity contribution < 1.29 is 19.1 Å². The van der Waals surface area contributed by atoms with Gasteiger partial charge in [-0.1, -0.05) is 25.4 Å². The lowest BCUT2D eigenvalue weighted by atomic mass is 10.1. The summed E-state index contributed by atoms with van der Waals surface area (Å²) in [5.41, 5.74) is 6.51. The lowest BCUT2D eigenvalue weighted by molar-refractivity contribution is -0.122. The van der Waals surface area contributed by atoms with E-state index in [9.17, 15) is 19.1 Å². The Balaban J connectivity index is 2.02. The maximum Gasteiger partial charge on any atom is 0.255 e. The maximum atomic E-state index is 14.4. The SMILES string of the molecule is CC(C)c1cnc(-c2cc(Cl)ccc2F)nc1Nc1ccncc1C(=O)N[C@H](C(N)=O)[C@@H](C)O. The highest BCUT2D eigenvalue weighted by Crippen LogP contribution is 2.30. The molecule has 0 spiro atoms. The molecule has 2 amide bonds. The van der Waals surface area contributed by atoms with Gasteiger partial charge in [0.2, 0.25) is 5.91 Å². The molecular formula is C23H24ClFN6O3. The molecule has 0 fully saturated rings. The first-order valence-corrected chi connectivity index (χ1v) is 10.8. The number of hydrogen-bond donors (Lipinski definition) is 4. The highest BCUT2D eigenvalue weighted by atomic mass is 35.5. The van der Waals surface area contributed by atoms with Gasteiger partial charge in [-0.3, -0.25) is 14.6 Å². The predicted octanol–water partition coefficient (Wildman–Crippen LogP) is 3.16. The maximum absolute atomic E-state index is 14.4. The van der Waals surface area contributed by atoms with Crippen molar-refractivity contribution in [2.24, 2.45) is 5.73 Å². The number of aromatic nitrogens is 3. The summed E-state index contributed by atoms with van der Waals surface area (Å²) in [4.78, 5) is 37.2. The third kappa shape index (κ3) is 5.64. The van der Waals surface area contributed by atoms with Crippen molar-refractivity contribution in [3.63, 3.8) is 0 Å². The fourth-order valence-corrected chi connectivity index (χ4v) is 3.34. The molecule has 9 nitrogen and oxygen atoms in total. The number of hydrogen-bond acceptors (Lipinski definition) is 7. The molecule has 0 unspecified atom stereocenters. The van der Waals surface area contributed by atoms with E-state index in [0.717, 1.165) is 0 Å². The second-order valence-electron chi connectivity index (χ2n) is 7.92. The van der Waals surface area contributed by atoms with E-state index < -0.39 is 29.8 Å². The number of benzene rings is 1. The summed E-state index contributed by atoms with van der Waals surface area (Å²) in [5.74, 6) is -1.65. The van der Waals surface area contributed by atoms with Gasteiger partial charge in [-0.15, -0.1) is 0 Å². The highest BCUT2D eigenvalue weighted by molar-refractivity contribution is 6.30. The second-order valence-corrected chi connectivity index (χ2v) is 8.35. The van der Waals surface area contributed by atoms with E-state index in [1.165, 1.54) is 37.5 Å². The molecule has 3 rings (SSSR count). The number of carbonyl (C=O) groups is 2. The minimum atomic E-state index is -1.29. The Labute approximate surface area is 200 Å². The van der Waals surface area contributed by atoms with Crippen LogP contribution in [0.3, 0.4) is 0 Å². The number of nitrogens with one attached hydrogen (secondary N) is 2. The zero-order valence-electron chi connectivity index (χ0n) is 18.7. The number of anilines is 2. The molecule has 0 aliphatic carbocycles.